The van der Waals surface area contributed by atoms with Gasteiger partial charge in [-0.25, -0.2) is 9.97 Å². The third-order valence-corrected chi connectivity index (χ3v) is 3.88. The van der Waals surface area contributed by atoms with Crippen molar-refractivity contribution in [1.29, 1.82) is 0 Å². The van der Waals surface area contributed by atoms with Crippen LogP contribution in [0, 0.1) is 13.8 Å². The van der Waals surface area contributed by atoms with E-state index in [1.807, 2.05) is 25.5 Å². The molecular formula is C11H17N5S. The fourth-order valence-corrected chi connectivity index (χ4v) is 2.82. The van der Waals surface area contributed by atoms with Gasteiger partial charge in [-0.1, -0.05) is 0 Å². The molecule has 17 heavy (non-hydrogen) atoms. The predicted octanol–water partition coefficient (Wildman–Crippen LogP) is 1.61. The minimum Gasteiger partial charge on any atom is -0.323 e. The van der Waals surface area contributed by atoms with Crippen molar-refractivity contribution < 1.29 is 0 Å². The molecule has 1 unspecified atom stereocenters. The van der Waals surface area contributed by atoms with E-state index in [1.165, 1.54) is 0 Å². The van der Waals surface area contributed by atoms with Gasteiger partial charge in [-0.15, -0.1) is 11.3 Å². The first-order valence-electron chi connectivity index (χ1n) is 5.68. The molecule has 0 radical (unpaired) electrons. The Labute approximate surface area is 105 Å². The predicted molar refractivity (Wildman–Crippen MR) is 67.9 cm³/mol. The molecular weight excluding hydrogens is 234 g/mol. The van der Waals surface area contributed by atoms with Crippen LogP contribution in [0.4, 0.5) is 0 Å². The fraction of sp³-hybridized carbons (Fsp3) is 0.545. The van der Waals surface area contributed by atoms with E-state index in [0.717, 1.165) is 27.9 Å². The van der Waals surface area contributed by atoms with Crippen molar-refractivity contribution in [2.24, 2.45) is 5.73 Å². The fourth-order valence-electron chi connectivity index (χ4n) is 1.89. The van der Waals surface area contributed by atoms with Crippen LogP contribution >= 0.6 is 11.3 Å². The molecule has 0 aromatic carbocycles. The largest absolute Gasteiger partial charge is 0.323 e. The average molecular weight is 251 g/mol. The number of nitrogens with zero attached hydrogens (tertiary/aromatic N) is 4. The quantitative estimate of drug-likeness (QED) is 0.896. The summed E-state index contributed by atoms with van der Waals surface area (Å²) in [6.45, 7) is 6.88. The van der Waals surface area contributed by atoms with Gasteiger partial charge in [0, 0.05) is 23.9 Å². The van der Waals surface area contributed by atoms with Gasteiger partial charge in [-0.2, -0.15) is 5.10 Å². The standard InChI is InChI=1S/C11H17N5S/c1-4-16-10(13-6-14-16)5-9(12)11-7(2)15-8(3)17-11/h6,9H,4-5,12H2,1-3H3. The van der Waals surface area contributed by atoms with Crippen LogP contribution in [0.15, 0.2) is 6.33 Å². The van der Waals surface area contributed by atoms with Crippen LogP contribution in [0.25, 0.3) is 0 Å². The molecule has 0 aliphatic carbocycles. The van der Waals surface area contributed by atoms with Crippen LogP contribution in [-0.2, 0) is 13.0 Å². The third-order valence-electron chi connectivity index (χ3n) is 2.67. The van der Waals surface area contributed by atoms with Crippen molar-refractivity contribution in [3.8, 4) is 0 Å². The lowest BCUT2D eigenvalue weighted by molar-refractivity contribution is 0.583. The summed E-state index contributed by atoms with van der Waals surface area (Å²) in [6.07, 6.45) is 2.28. The maximum Gasteiger partial charge on any atom is 0.138 e. The lowest BCUT2D eigenvalue weighted by Gasteiger charge is -2.10. The van der Waals surface area contributed by atoms with Crippen LogP contribution in [0.1, 0.15) is 34.4 Å². The molecule has 2 rings (SSSR count). The Kier molecular flexibility index (Phi) is 3.54. The summed E-state index contributed by atoms with van der Waals surface area (Å²) in [6, 6.07) is -0.0456. The van der Waals surface area contributed by atoms with Gasteiger partial charge in [0.15, 0.2) is 0 Å². The van der Waals surface area contributed by atoms with Crippen molar-refractivity contribution in [3.63, 3.8) is 0 Å². The second-order valence-corrected chi connectivity index (χ2v) is 5.22. The Bertz CT molecular complexity index is 502. The Morgan fingerprint density at radius 2 is 2.24 bits per heavy atom. The average Bonchev–Trinajstić information content (AvgIpc) is 2.84. The van der Waals surface area contributed by atoms with Gasteiger partial charge in [-0.3, -0.25) is 4.68 Å². The highest BCUT2D eigenvalue weighted by Crippen LogP contribution is 2.25. The molecule has 0 saturated heterocycles. The summed E-state index contributed by atoms with van der Waals surface area (Å²) in [7, 11) is 0. The highest BCUT2D eigenvalue weighted by molar-refractivity contribution is 7.11. The van der Waals surface area contributed by atoms with E-state index in [4.69, 9.17) is 5.73 Å². The molecule has 2 aromatic rings. The smallest absolute Gasteiger partial charge is 0.138 e. The Hall–Kier alpha value is -1.27. The molecule has 92 valence electrons. The first-order valence-corrected chi connectivity index (χ1v) is 6.49. The van der Waals surface area contributed by atoms with Crippen LogP contribution < -0.4 is 5.73 Å². The summed E-state index contributed by atoms with van der Waals surface area (Å²) in [5.74, 6) is 0.936. The van der Waals surface area contributed by atoms with Gasteiger partial charge >= 0.3 is 0 Å². The second kappa shape index (κ2) is 4.93. The first-order chi connectivity index (χ1) is 8.11. The monoisotopic (exact) mass is 251 g/mol. The van der Waals surface area contributed by atoms with E-state index in [0.29, 0.717) is 6.42 Å². The van der Waals surface area contributed by atoms with Crippen molar-refractivity contribution in [3.05, 3.63) is 27.7 Å². The zero-order valence-electron chi connectivity index (χ0n) is 10.3. The van der Waals surface area contributed by atoms with E-state index < -0.39 is 0 Å². The molecule has 0 aliphatic rings. The third kappa shape index (κ3) is 2.53. The summed E-state index contributed by atoms with van der Waals surface area (Å²) in [4.78, 5) is 9.79. The minimum atomic E-state index is -0.0456. The summed E-state index contributed by atoms with van der Waals surface area (Å²) in [5.41, 5.74) is 7.24. The van der Waals surface area contributed by atoms with E-state index in [2.05, 4.69) is 15.1 Å². The zero-order valence-corrected chi connectivity index (χ0v) is 11.2. The molecule has 2 aromatic heterocycles. The van der Waals surface area contributed by atoms with Crippen LogP contribution in [0.5, 0.6) is 0 Å². The number of hydrogen-bond acceptors (Lipinski definition) is 5. The maximum atomic E-state index is 6.21. The van der Waals surface area contributed by atoms with Crippen LogP contribution in [-0.4, -0.2) is 19.7 Å². The van der Waals surface area contributed by atoms with Gasteiger partial charge in [0.2, 0.25) is 0 Å². The Morgan fingerprint density at radius 3 is 2.82 bits per heavy atom. The first kappa shape index (κ1) is 12.2. The van der Waals surface area contributed by atoms with Crippen molar-refractivity contribution in [2.45, 2.75) is 39.8 Å². The minimum absolute atomic E-state index is 0.0456. The highest BCUT2D eigenvalue weighted by Gasteiger charge is 2.16. The Balaban J connectivity index is 2.17. The van der Waals surface area contributed by atoms with E-state index in [9.17, 15) is 0 Å². The highest BCUT2D eigenvalue weighted by atomic mass is 32.1. The maximum absolute atomic E-state index is 6.21. The lowest BCUT2D eigenvalue weighted by atomic mass is 10.1. The zero-order chi connectivity index (χ0) is 12.4. The lowest BCUT2D eigenvalue weighted by Crippen LogP contribution is -2.16. The molecule has 6 heteroatoms. The van der Waals surface area contributed by atoms with E-state index >= 15 is 0 Å². The van der Waals surface area contributed by atoms with Crippen LogP contribution in [0.2, 0.25) is 0 Å². The summed E-state index contributed by atoms with van der Waals surface area (Å²) >= 11 is 1.66. The van der Waals surface area contributed by atoms with Crippen molar-refractivity contribution in [2.75, 3.05) is 0 Å². The molecule has 5 nitrogen and oxygen atoms in total. The number of nitrogens with two attached hydrogens (primary N) is 1. The van der Waals surface area contributed by atoms with Crippen LogP contribution in [0.3, 0.4) is 0 Å². The summed E-state index contributed by atoms with van der Waals surface area (Å²) in [5, 5.41) is 5.21. The molecule has 0 amide bonds. The molecule has 0 aliphatic heterocycles. The molecule has 2 heterocycles. The second-order valence-electron chi connectivity index (χ2n) is 3.99. The van der Waals surface area contributed by atoms with Crippen molar-refractivity contribution >= 4 is 11.3 Å². The molecule has 0 spiro atoms. The van der Waals surface area contributed by atoms with Gasteiger partial charge in [-0.05, 0) is 20.8 Å². The van der Waals surface area contributed by atoms with Gasteiger partial charge in [0.05, 0.1) is 10.7 Å². The number of hydrogen-bond donors (Lipinski definition) is 1. The molecule has 0 saturated carbocycles. The topological polar surface area (TPSA) is 69.6 Å². The molecule has 2 N–H and O–H groups in total. The van der Waals surface area contributed by atoms with Crippen molar-refractivity contribution in [1.82, 2.24) is 19.7 Å². The Morgan fingerprint density at radius 1 is 1.47 bits per heavy atom. The van der Waals surface area contributed by atoms with Gasteiger partial charge in [0.1, 0.15) is 12.2 Å². The molecule has 0 bridgehead atoms. The van der Waals surface area contributed by atoms with Gasteiger partial charge in [0.25, 0.3) is 0 Å². The number of aryl methyl sites for hydroxylation is 3. The van der Waals surface area contributed by atoms with E-state index in [1.54, 1.807) is 17.7 Å². The van der Waals surface area contributed by atoms with Gasteiger partial charge < -0.3 is 5.73 Å². The summed E-state index contributed by atoms with van der Waals surface area (Å²) < 4.78 is 1.88. The SMILES string of the molecule is CCn1ncnc1CC(N)c1sc(C)nc1C. The number of aromatic nitrogens is 4. The molecule has 0 fully saturated rings. The van der Waals surface area contributed by atoms with E-state index in [-0.39, 0.29) is 6.04 Å². The molecule has 1 atom stereocenters. The number of thiazole rings is 1. The number of rotatable bonds is 4. The normalized spacial score (nSPS) is 12.9.